The van der Waals surface area contributed by atoms with Gasteiger partial charge in [0.15, 0.2) is 0 Å². The molecule has 4 N–H and O–H groups in total. The van der Waals surface area contributed by atoms with E-state index in [9.17, 15) is 19.5 Å². The predicted molar refractivity (Wildman–Crippen MR) is 198 cm³/mol. The van der Waals surface area contributed by atoms with Crippen molar-refractivity contribution in [2.24, 2.45) is 5.92 Å². The third-order valence-corrected chi connectivity index (χ3v) is 8.59. The molecule has 5 rings (SSSR count). The fourth-order valence-corrected chi connectivity index (χ4v) is 5.84. The molecule has 0 unspecified atom stereocenters. The number of benzene rings is 3. The van der Waals surface area contributed by atoms with Gasteiger partial charge in [0, 0.05) is 29.4 Å². The van der Waals surface area contributed by atoms with Gasteiger partial charge >= 0.3 is 12.2 Å². The summed E-state index contributed by atoms with van der Waals surface area (Å²) in [5, 5.41) is 21.3. The molecule has 0 bridgehead atoms. The molecular weight excluding hydrogens is 658 g/mol. The summed E-state index contributed by atoms with van der Waals surface area (Å²) >= 11 is 0. The molecule has 0 aliphatic rings. The Labute approximate surface area is 303 Å². The average Bonchev–Trinajstić information content (AvgIpc) is 3.16. The van der Waals surface area contributed by atoms with Gasteiger partial charge in [-0.05, 0) is 54.5 Å². The number of rotatable bonds is 16. The lowest BCUT2D eigenvalue weighted by Gasteiger charge is -2.30. The van der Waals surface area contributed by atoms with E-state index in [2.05, 4.69) is 25.9 Å². The van der Waals surface area contributed by atoms with Crippen LogP contribution in [0.1, 0.15) is 42.7 Å². The maximum Gasteiger partial charge on any atom is 0.408 e. The van der Waals surface area contributed by atoms with Crippen molar-refractivity contribution < 1.29 is 29.0 Å². The van der Waals surface area contributed by atoms with Gasteiger partial charge in [0.2, 0.25) is 5.91 Å². The minimum atomic E-state index is -1.09. The molecule has 0 radical (unpaired) electrons. The van der Waals surface area contributed by atoms with Crippen LogP contribution in [-0.2, 0) is 40.3 Å². The van der Waals surface area contributed by atoms with Gasteiger partial charge in [0.1, 0.15) is 19.3 Å². The summed E-state index contributed by atoms with van der Waals surface area (Å²) in [6.45, 7) is 3.60. The monoisotopic (exact) mass is 703 g/mol. The topological polar surface area (TPSA) is 152 Å². The first-order valence-electron chi connectivity index (χ1n) is 17.4. The lowest BCUT2D eigenvalue weighted by Crippen LogP contribution is -2.56. The number of carbonyl (C=O) groups is 3. The molecule has 3 aromatic carbocycles. The molecule has 3 amide bonds. The zero-order valence-electron chi connectivity index (χ0n) is 29.4. The number of aliphatic hydroxyl groups is 1. The Balaban J connectivity index is 1.26. The quantitative estimate of drug-likeness (QED) is 0.0993. The van der Waals surface area contributed by atoms with Crippen LogP contribution in [0.3, 0.4) is 0 Å². The number of carbonyl (C=O) groups excluding carboxylic acids is 3. The number of pyridine rings is 2. The van der Waals surface area contributed by atoms with Crippen molar-refractivity contribution >= 4 is 29.0 Å². The van der Waals surface area contributed by atoms with E-state index in [1.165, 1.54) is 0 Å². The molecule has 0 saturated carbocycles. The fraction of sp³-hybridized carbons (Fsp3) is 0.293. The van der Waals surface area contributed by atoms with Gasteiger partial charge in [-0.1, -0.05) is 105 Å². The maximum atomic E-state index is 13.8. The zero-order valence-corrected chi connectivity index (χ0v) is 29.4. The van der Waals surface area contributed by atoms with E-state index in [1.54, 1.807) is 24.5 Å². The molecular formula is C41H45N5O6. The molecule has 4 atom stereocenters. The van der Waals surface area contributed by atoms with Crippen molar-refractivity contribution in [1.82, 2.24) is 25.9 Å². The molecule has 0 spiro atoms. The maximum absolute atomic E-state index is 13.8. The number of fused-ring (bicyclic) bond motifs is 1. The Morgan fingerprint density at radius 1 is 0.692 bits per heavy atom. The normalized spacial score (nSPS) is 13.4. The number of amides is 3. The van der Waals surface area contributed by atoms with Gasteiger partial charge in [-0.15, -0.1) is 0 Å². The molecule has 0 saturated heterocycles. The number of para-hydroxylation sites is 1. The summed E-state index contributed by atoms with van der Waals surface area (Å²) in [7, 11) is 0. The number of ether oxygens (including phenoxy) is 2. The van der Waals surface area contributed by atoms with Gasteiger partial charge in [-0.2, -0.15) is 0 Å². The predicted octanol–water partition coefficient (Wildman–Crippen LogP) is 5.90. The van der Waals surface area contributed by atoms with Crippen LogP contribution >= 0.6 is 0 Å². The summed E-state index contributed by atoms with van der Waals surface area (Å²) in [5.41, 5.74) is 3.95. The molecule has 52 heavy (non-hydrogen) atoms. The van der Waals surface area contributed by atoms with Crippen LogP contribution in [0.2, 0.25) is 0 Å². The SMILES string of the molecule is CC(C)[C@H](NC(=O)OCc1ccc2ccccc2n1)C(=O)N[C@@H](Cc1ccccc1)[C@@H](O)C[C@@H](Cc1ccccc1)NC(=O)OCc1cccnc1. The minimum Gasteiger partial charge on any atom is -0.445 e. The van der Waals surface area contributed by atoms with Crippen LogP contribution in [0, 0.1) is 5.92 Å². The summed E-state index contributed by atoms with van der Waals surface area (Å²) < 4.78 is 10.9. The standard InChI is InChI=1S/C41H45N5O6/c1-28(2)38(46-41(50)52-27-33-20-19-32-17-9-10-18-35(32)43-33)39(48)45-36(23-30-14-7-4-8-15-30)37(47)24-34(22-29-12-5-3-6-13-29)44-40(49)51-26-31-16-11-21-42-25-31/h3-21,25,28,34,36-38,47H,22-24,26-27H2,1-2H3,(H,44,49)(H,45,48)(H,46,50)/t34-,36+,37+,38+/m1/s1. The number of nitrogens with one attached hydrogen (secondary N) is 3. The number of nitrogens with zero attached hydrogens (tertiary/aromatic N) is 2. The van der Waals surface area contributed by atoms with E-state index in [0.717, 1.165) is 27.6 Å². The zero-order chi connectivity index (χ0) is 36.7. The third kappa shape index (κ3) is 11.6. The molecule has 0 fully saturated rings. The number of aliphatic hydroxyl groups excluding tert-OH is 1. The van der Waals surface area contributed by atoms with Crippen LogP contribution in [-0.4, -0.2) is 57.4 Å². The number of hydrogen-bond donors (Lipinski definition) is 4. The molecule has 11 nitrogen and oxygen atoms in total. The van der Waals surface area contributed by atoms with Crippen molar-refractivity contribution in [3.8, 4) is 0 Å². The van der Waals surface area contributed by atoms with Crippen LogP contribution in [0.4, 0.5) is 9.59 Å². The molecule has 0 aliphatic heterocycles. The van der Waals surface area contributed by atoms with E-state index in [1.807, 2.05) is 111 Å². The Morgan fingerprint density at radius 2 is 1.33 bits per heavy atom. The van der Waals surface area contributed by atoms with E-state index < -0.39 is 42.3 Å². The second-order valence-corrected chi connectivity index (χ2v) is 13.0. The van der Waals surface area contributed by atoms with Crippen molar-refractivity contribution in [2.75, 3.05) is 0 Å². The number of alkyl carbamates (subject to hydrolysis) is 2. The van der Waals surface area contributed by atoms with Crippen LogP contribution in [0.5, 0.6) is 0 Å². The largest absolute Gasteiger partial charge is 0.445 e. The number of aromatic nitrogens is 2. The molecule has 5 aromatic rings. The first kappa shape index (κ1) is 37.4. The summed E-state index contributed by atoms with van der Waals surface area (Å²) in [4.78, 5) is 48.3. The van der Waals surface area contributed by atoms with Gasteiger partial charge < -0.3 is 30.5 Å². The summed E-state index contributed by atoms with van der Waals surface area (Å²) in [5.74, 6) is -0.776. The van der Waals surface area contributed by atoms with Gasteiger partial charge in [-0.3, -0.25) is 9.78 Å². The molecule has 270 valence electrons. The lowest BCUT2D eigenvalue weighted by atomic mass is 9.93. The van der Waals surface area contributed by atoms with Crippen LogP contribution < -0.4 is 16.0 Å². The second kappa shape index (κ2) is 19.0. The highest BCUT2D eigenvalue weighted by Crippen LogP contribution is 2.16. The summed E-state index contributed by atoms with van der Waals surface area (Å²) in [6, 6.07) is 31.8. The Hall–Kier alpha value is -5.81. The Kier molecular flexibility index (Phi) is 13.7. The number of hydrogen-bond acceptors (Lipinski definition) is 8. The molecule has 2 aromatic heterocycles. The highest BCUT2D eigenvalue weighted by Gasteiger charge is 2.31. The minimum absolute atomic E-state index is 0.0395. The molecule has 2 heterocycles. The van der Waals surface area contributed by atoms with Crippen molar-refractivity contribution in [2.45, 2.75) is 70.6 Å². The van der Waals surface area contributed by atoms with E-state index in [-0.39, 0.29) is 25.6 Å². The third-order valence-electron chi connectivity index (χ3n) is 8.59. The Morgan fingerprint density at radius 3 is 2.02 bits per heavy atom. The average molecular weight is 704 g/mol. The first-order valence-corrected chi connectivity index (χ1v) is 17.4. The van der Waals surface area contributed by atoms with Gasteiger partial charge in [0.05, 0.1) is 23.4 Å². The fourth-order valence-electron chi connectivity index (χ4n) is 5.84. The van der Waals surface area contributed by atoms with Crippen LogP contribution in [0.15, 0.2) is 122 Å². The van der Waals surface area contributed by atoms with Crippen molar-refractivity contribution in [3.05, 3.63) is 144 Å². The van der Waals surface area contributed by atoms with E-state index >= 15 is 0 Å². The smallest absolute Gasteiger partial charge is 0.408 e. The van der Waals surface area contributed by atoms with Crippen LogP contribution in [0.25, 0.3) is 10.9 Å². The van der Waals surface area contributed by atoms with Gasteiger partial charge in [-0.25, -0.2) is 14.6 Å². The summed E-state index contributed by atoms with van der Waals surface area (Å²) in [6.07, 6.45) is 1.60. The van der Waals surface area contributed by atoms with E-state index in [4.69, 9.17) is 9.47 Å². The van der Waals surface area contributed by atoms with Crippen molar-refractivity contribution in [1.29, 1.82) is 0 Å². The Bertz CT molecular complexity index is 1880. The molecule has 0 aliphatic carbocycles. The first-order chi connectivity index (χ1) is 25.2. The second-order valence-electron chi connectivity index (χ2n) is 13.0. The molecule has 11 heteroatoms. The highest BCUT2D eigenvalue weighted by molar-refractivity contribution is 5.86. The van der Waals surface area contributed by atoms with Crippen molar-refractivity contribution in [3.63, 3.8) is 0 Å². The van der Waals surface area contributed by atoms with E-state index in [0.29, 0.717) is 18.5 Å². The highest BCUT2D eigenvalue weighted by atomic mass is 16.6. The van der Waals surface area contributed by atoms with Gasteiger partial charge in [0.25, 0.3) is 0 Å². The lowest BCUT2D eigenvalue weighted by molar-refractivity contribution is -0.125.